The Hall–Kier alpha value is -3.18. The van der Waals surface area contributed by atoms with Crippen LogP contribution in [0, 0.1) is 10.1 Å². The van der Waals surface area contributed by atoms with Crippen LogP contribution in [0.2, 0.25) is 0 Å². The number of esters is 1. The van der Waals surface area contributed by atoms with Crippen LogP contribution in [0.1, 0.15) is 15.9 Å². The van der Waals surface area contributed by atoms with Crippen molar-refractivity contribution in [1.82, 2.24) is 4.31 Å². The molecule has 0 saturated carbocycles. The molecule has 0 unspecified atom stereocenters. The number of ether oxygens (including phenoxy) is 3. The van der Waals surface area contributed by atoms with E-state index in [1.807, 2.05) is 0 Å². The van der Waals surface area contributed by atoms with Gasteiger partial charge in [-0.15, -0.1) is 0 Å². The number of methoxy groups -OCH3 is 2. The Morgan fingerprint density at radius 1 is 1.10 bits per heavy atom. The SMILES string of the molecule is COc1cc(C(=O)OCc2cccc(S(=O)(=O)N(C)C)c2)c([N+](=O)[O-])cc1OC. The first kappa shape index (κ1) is 22.1. The summed E-state index contributed by atoms with van der Waals surface area (Å²) in [7, 11) is 1.79. The first-order valence-electron chi connectivity index (χ1n) is 8.20. The smallest absolute Gasteiger partial charge is 0.345 e. The monoisotopic (exact) mass is 424 g/mol. The molecule has 156 valence electrons. The summed E-state index contributed by atoms with van der Waals surface area (Å²) < 4.78 is 40.7. The topological polar surface area (TPSA) is 125 Å². The average Bonchev–Trinajstić information content (AvgIpc) is 2.70. The predicted molar refractivity (Wildman–Crippen MR) is 103 cm³/mol. The van der Waals surface area contributed by atoms with Crippen LogP contribution in [0.5, 0.6) is 11.5 Å². The lowest BCUT2D eigenvalue weighted by Crippen LogP contribution is -2.22. The van der Waals surface area contributed by atoms with Gasteiger partial charge in [0.1, 0.15) is 12.2 Å². The summed E-state index contributed by atoms with van der Waals surface area (Å²) in [4.78, 5) is 23.1. The van der Waals surface area contributed by atoms with Gasteiger partial charge in [0.25, 0.3) is 5.69 Å². The largest absolute Gasteiger partial charge is 0.493 e. The number of carbonyl (C=O) groups is 1. The van der Waals surface area contributed by atoms with E-state index in [1.54, 1.807) is 6.07 Å². The first-order chi connectivity index (χ1) is 13.6. The van der Waals surface area contributed by atoms with Crippen molar-refractivity contribution in [2.45, 2.75) is 11.5 Å². The number of hydrogen-bond acceptors (Lipinski definition) is 8. The first-order valence-corrected chi connectivity index (χ1v) is 9.64. The summed E-state index contributed by atoms with van der Waals surface area (Å²) in [6.45, 7) is -0.277. The van der Waals surface area contributed by atoms with Crippen molar-refractivity contribution in [3.05, 3.63) is 57.6 Å². The molecule has 0 saturated heterocycles. The minimum Gasteiger partial charge on any atom is -0.493 e. The van der Waals surface area contributed by atoms with Gasteiger partial charge in [0.05, 0.1) is 30.1 Å². The highest BCUT2D eigenvalue weighted by Crippen LogP contribution is 2.35. The van der Waals surface area contributed by atoms with Crippen LogP contribution >= 0.6 is 0 Å². The molecule has 2 rings (SSSR count). The number of sulfonamides is 1. The van der Waals surface area contributed by atoms with Crippen LogP contribution in [-0.4, -0.2) is 51.9 Å². The number of hydrogen-bond donors (Lipinski definition) is 0. The number of nitro benzene ring substituents is 1. The Balaban J connectivity index is 2.29. The quantitative estimate of drug-likeness (QED) is 0.359. The van der Waals surface area contributed by atoms with Gasteiger partial charge >= 0.3 is 5.97 Å². The third-order valence-corrected chi connectivity index (χ3v) is 5.78. The van der Waals surface area contributed by atoms with Crippen molar-refractivity contribution >= 4 is 21.7 Å². The molecular formula is C18H20N2O8S. The highest BCUT2D eigenvalue weighted by atomic mass is 32.2. The fourth-order valence-corrected chi connectivity index (χ4v) is 3.39. The van der Waals surface area contributed by atoms with E-state index in [0.29, 0.717) is 5.56 Å². The Kier molecular flexibility index (Phi) is 6.77. The summed E-state index contributed by atoms with van der Waals surface area (Å²) >= 11 is 0. The number of nitrogens with zero attached hydrogens (tertiary/aromatic N) is 2. The molecule has 0 aromatic heterocycles. The number of rotatable bonds is 8. The molecule has 0 aliphatic carbocycles. The predicted octanol–water partition coefficient (Wildman–Crippen LogP) is 2.22. The van der Waals surface area contributed by atoms with Crippen molar-refractivity contribution in [2.24, 2.45) is 0 Å². The van der Waals surface area contributed by atoms with Gasteiger partial charge in [0.2, 0.25) is 10.0 Å². The molecule has 0 atom stereocenters. The van der Waals surface area contributed by atoms with Crippen molar-refractivity contribution in [3.63, 3.8) is 0 Å². The van der Waals surface area contributed by atoms with E-state index in [-0.39, 0.29) is 28.6 Å². The van der Waals surface area contributed by atoms with Gasteiger partial charge < -0.3 is 14.2 Å². The van der Waals surface area contributed by atoms with E-state index in [0.717, 1.165) is 16.4 Å². The van der Waals surface area contributed by atoms with E-state index in [1.165, 1.54) is 46.5 Å². The standard InChI is InChI=1S/C18H20N2O8S/c1-19(2)29(24,25)13-7-5-6-12(8-13)11-28-18(21)14-9-16(26-3)17(27-4)10-15(14)20(22)23/h5-10H,11H2,1-4H3. The summed E-state index contributed by atoms with van der Waals surface area (Å²) in [5.74, 6) is -0.736. The fourth-order valence-electron chi connectivity index (χ4n) is 2.42. The molecule has 11 heteroatoms. The maximum atomic E-state index is 12.5. The Morgan fingerprint density at radius 3 is 2.28 bits per heavy atom. The van der Waals surface area contributed by atoms with E-state index >= 15 is 0 Å². The second-order valence-electron chi connectivity index (χ2n) is 5.99. The van der Waals surface area contributed by atoms with E-state index < -0.39 is 26.6 Å². The highest BCUT2D eigenvalue weighted by molar-refractivity contribution is 7.89. The molecule has 0 fully saturated rings. The van der Waals surface area contributed by atoms with Gasteiger partial charge in [-0.2, -0.15) is 0 Å². The molecule has 0 aliphatic rings. The molecule has 2 aromatic rings. The summed E-state index contributed by atoms with van der Waals surface area (Å²) in [6.07, 6.45) is 0. The minimum absolute atomic E-state index is 0.0353. The zero-order valence-electron chi connectivity index (χ0n) is 16.2. The van der Waals surface area contributed by atoms with Gasteiger partial charge in [-0.3, -0.25) is 10.1 Å². The lowest BCUT2D eigenvalue weighted by molar-refractivity contribution is -0.385. The van der Waals surface area contributed by atoms with Crippen LogP contribution in [0.25, 0.3) is 0 Å². The Morgan fingerprint density at radius 2 is 1.72 bits per heavy atom. The number of benzene rings is 2. The van der Waals surface area contributed by atoms with Gasteiger partial charge in [-0.25, -0.2) is 17.5 Å². The van der Waals surface area contributed by atoms with Crippen LogP contribution in [0.4, 0.5) is 5.69 Å². The lowest BCUT2D eigenvalue weighted by atomic mass is 10.1. The van der Waals surface area contributed by atoms with Gasteiger partial charge in [-0.05, 0) is 17.7 Å². The van der Waals surface area contributed by atoms with Crippen LogP contribution in [0.15, 0.2) is 41.3 Å². The molecule has 2 aromatic carbocycles. The van der Waals surface area contributed by atoms with E-state index in [4.69, 9.17) is 14.2 Å². The molecule has 0 N–H and O–H groups in total. The van der Waals surface area contributed by atoms with Crippen molar-refractivity contribution in [2.75, 3.05) is 28.3 Å². The molecular weight excluding hydrogens is 404 g/mol. The second-order valence-corrected chi connectivity index (χ2v) is 8.14. The molecule has 0 heterocycles. The van der Waals surface area contributed by atoms with Crippen molar-refractivity contribution < 1.29 is 32.3 Å². The minimum atomic E-state index is -3.65. The molecule has 0 bridgehead atoms. The van der Waals surface area contributed by atoms with Crippen LogP contribution < -0.4 is 9.47 Å². The number of nitro groups is 1. The highest BCUT2D eigenvalue weighted by Gasteiger charge is 2.26. The molecule has 0 radical (unpaired) electrons. The summed E-state index contributed by atoms with van der Waals surface area (Å²) in [5.41, 5.74) is -0.411. The molecule has 0 amide bonds. The van der Waals surface area contributed by atoms with Gasteiger partial charge in [-0.1, -0.05) is 12.1 Å². The third kappa shape index (κ3) is 4.81. The molecule has 10 nitrogen and oxygen atoms in total. The Labute approximate surface area is 167 Å². The van der Waals surface area contributed by atoms with Gasteiger partial charge in [0.15, 0.2) is 11.5 Å². The van der Waals surface area contributed by atoms with Gasteiger partial charge in [0, 0.05) is 20.2 Å². The van der Waals surface area contributed by atoms with Crippen molar-refractivity contribution in [3.8, 4) is 11.5 Å². The van der Waals surface area contributed by atoms with Crippen LogP contribution in [-0.2, 0) is 21.4 Å². The lowest BCUT2D eigenvalue weighted by Gasteiger charge is -2.13. The molecule has 29 heavy (non-hydrogen) atoms. The normalized spacial score (nSPS) is 11.2. The van der Waals surface area contributed by atoms with E-state index in [2.05, 4.69) is 0 Å². The number of carbonyl (C=O) groups excluding carboxylic acids is 1. The zero-order chi connectivity index (χ0) is 21.8. The second kappa shape index (κ2) is 8.88. The maximum Gasteiger partial charge on any atom is 0.345 e. The zero-order valence-corrected chi connectivity index (χ0v) is 17.1. The summed E-state index contributed by atoms with van der Waals surface area (Å²) in [6, 6.07) is 8.10. The Bertz CT molecular complexity index is 1030. The third-order valence-electron chi connectivity index (χ3n) is 3.97. The maximum absolute atomic E-state index is 12.5. The summed E-state index contributed by atoms with van der Waals surface area (Å²) in [5, 5.41) is 11.3. The van der Waals surface area contributed by atoms with Crippen molar-refractivity contribution in [1.29, 1.82) is 0 Å². The van der Waals surface area contributed by atoms with Crippen LogP contribution in [0.3, 0.4) is 0 Å². The fraction of sp³-hybridized carbons (Fsp3) is 0.278. The molecule has 0 aliphatic heterocycles. The molecule has 0 spiro atoms. The average molecular weight is 424 g/mol. The van der Waals surface area contributed by atoms with E-state index in [9.17, 15) is 23.3 Å².